The lowest BCUT2D eigenvalue weighted by Crippen LogP contribution is -2.49. The summed E-state index contributed by atoms with van der Waals surface area (Å²) in [5.74, 6) is -6.19. The summed E-state index contributed by atoms with van der Waals surface area (Å²) in [6.45, 7) is 13.0. The average Bonchev–Trinajstić information content (AvgIpc) is 1.65. The van der Waals surface area contributed by atoms with Crippen LogP contribution in [0.3, 0.4) is 0 Å². The zero-order valence-electron chi connectivity index (χ0n) is 59.3. The number of halogens is 2. The SMILES string of the molecule is C/C(=C\C(=O)N[C@H]1CCc2cccc3c2C(C1=O)[C@H](C(=O)N[C@@H](CCC(N)=O)[C@@H](C)OCc1ccc(CCCOCCCCCCOCCCc2ccc4c(c2)n(C)c(=O)n4C2CCC(=O)NC2=O)cc1)C3)c1ccc(C(F)(F)P(=O)(OCOC(=O)C(C)(C)C)OCOC(=O)C(C)(C)C)cc1. The van der Waals surface area contributed by atoms with E-state index in [1.807, 2.05) is 55.5 Å². The number of rotatable bonds is 36. The lowest BCUT2D eigenvalue weighted by Gasteiger charge is -2.28. The summed E-state index contributed by atoms with van der Waals surface area (Å²) in [5, 5.41) is 8.29. The number of aromatic nitrogens is 2. The summed E-state index contributed by atoms with van der Waals surface area (Å²) in [6.07, 6.45) is 9.49. The number of aryl methyl sites for hydroxylation is 4. The number of nitrogens with zero attached hydrogens (tertiary/aromatic N) is 2. The Labute approximate surface area is 588 Å². The maximum atomic E-state index is 16.3. The molecule has 2 aliphatic carbocycles. The lowest BCUT2D eigenvalue weighted by molar-refractivity contribution is -0.163. The molecule has 2 unspecified atom stereocenters. The highest BCUT2D eigenvalue weighted by Crippen LogP contribution is 2.67. The highest BCUT2D eigenvalue weighted by molar-refractivity contribution is 7.54. The van der Waals surface area contributed by atoms with Crippen LogP contribution in [0.25, 0.3) is 16.6 Å². The topological polar surface area (TPSA) is 307 Å². The van der Waals surface area contributed by atoms with Crippen LogP contribution >= 0.6 is 7.60 Å². The minimum atomic E-state index is -5.60. The zero-order valence-corrected chi connectivity index (χ0v) is 60.2. The van der Waals surface area contributed by atoms with Gasteiger partial charge in [-0.1, -0.05) is 85.6 Å². The number of Topliss-reactive ketones (excluding diaryl/α,β-unsaturated/α-hetero) is 1. The number of hydrogen-bond acceptors (Lipinski definition) is 17. The molecule has 5 amide bonds. The van der Waals surface area contributed by atoms with Gasteiger partial charge in [-0.15, -0.1) is 0 Å². The summed E-state index contributed by atoms with van der Waals surface area (Å²) < 4.78 is 87.5. The Morgan fingerprint density at radius 3 is 1.92 bits per heavy atom. The Hall–Kier alpha value is -8.06. The van der Waals surface area contributed by atoms with E-state index in [0.717, 1.165) is 102 Å². The van der Waals surface area contributed by atoms with Crippen LogP contribution in [-0.4, -0.2) is 115 Å². The minimum Gasteiger partial charge on any atom is -0.438 e. The molecule has 2 heterocycles. The van der Waals surface area contributed by atoms with Crippen LogP contribution in [0.2, 0.25) is 0 Å². The van der Waals surface area contributed by atoms with E-state index in [2.05, 4.69) is 28.1 Å². The molecule has 5 N–H and O–H groups in total. The van der Waals surface area contributed by atoms with Gasteiger partial charge in [0.25, 0.3) is 0 Å². The number of carbonyl (C=O) groups excluding carboxylic acids is 8. The van der Waals surface area contributed by atoms with Crippen molar-refractivity contribution in [1.82, 2.24) is 25.1 Å². The number of alkyl halides is 2. The fraction of sp³-hybridized carbons (Fsp3) is 0.533. The van der Waals surface area contributed by atoms with Crippen LogP contribution in [-0.2, 0) is 121 Å². The Balaban J connectivity index is 0.757. The summed E-state index contributed by atoms with van der Waals surface area (Å²) in [4.78, 5) is 117. The lowest BCUT2D eigenvalue weighted by atomic mass is 9.84. The maximum absolute atomic E-state index is 16.3. The quantitative estimate of drug-likeness (QED) is 0.00723. The number of piperidine rings is 1. The number of ether oxygens (including phenoxy) is 5. The first-order valence-corrected chi connectivity index (χ1v) is 36.2. The number of nitrogens with two attached hydrogens (primary N) is 1. The molecule has 26 heteroatoms. The van der Waals surface area contributed by atoms with Gasteiger partial charge in [0.2, 0.25) is 43.1 Å². The van der Waals surface area contributed by atoms with Gasteiger partial charge in [-0.25, -0.2) is 4.79 Å². The Morgan fingerprint density at radius 1 is 0.733 bits per heavy atom. The van der Waals surface area contributed by atoms with Crippen LogP contribution < -0.4 is 27.4 Å². The van der Waals surface area contributed by atoms with Crippen molar-refractivity contribution < 1.29 is 84.4 Å². The van der Waals surface area contributed by atoms with Gasteiger partial charge in [-0.3, -0.25) is 66.4 Å². The summed E-state index contributed by atoms with van der Waals surface area (Å²) in [6, 6.07) is 21.6. The van der Waals surface area contributed by atoms with Crippen LogP contribution in [0.1, 0.15) is 182 Å². The van der Waals surface area contributed by atoms with E-state index in [4.69, 9.17) is 38.5 Å². The molecular weight excluding hydrogens is 1330 g/mol. The number of ketones is 1. The molecule has 1 fully saturated rings. The van der Waals surface area contributed by atoms with E-state index in [-0.39, 0.29) is 56.1 Å². The first-order valence-electron chi connectivity index (χ1n) is 34.7. The number of primary amides is 1. The number of fused-ring (bicyclic) bond motifs is 1. The first-order chi connectivity index (χ1) is 47.9. The third kappa shape index (κ3) is 20.8. The van der Waals surface area contributed by atoms with Gasteiger partial charge in [0.05, 0.1) is 58.5 Å². The van der Waals surface area contributed by atoms with E-state index in [0.29, 0.717) is 55.9 Å². The second kappa shape index (κ2) is 35.2. The van der Waals surface area contributed by atoms with Crippen LogP contribution in [0.4, 0.5) is 8.78 Å². The second-order valence-electron chi connectivity index (χ2n) is 28.4. The smallest absolute Gasteiger partial charge is 0.410 e. The summed E-state index contributed by atoms with van der Waals surface area (Å²) in [5.41, 5.74) is 5.68. The van der Waals surface area contributed by atoms with Gasteiger partial charge >= 0.3 is 30.9 Å². The Bertz CT molecular complexity index is 3890. The predicted molar refractivity (Wildman–Crippen MR) is 373 cm³/mol. The number of allylic oxidation sites excluding steroid dienone is 1. The normalized spacial score (nSPS) is 18.0. The molecule has 0 spiro atoms. The van der Waals surface area contributed by atoms with Crippen LogP contribution in [0, 0.1) is 16.7 Å². The van der Waals surface area contributed by atoms with Crippen LogP contribution in [0.5, 0.6) is 0 Å². The van der Waals surface area contributed by atoms with Gasteiger partial charge in [0, 0.05) is 58.0 Å². The van der Waals surface area contributed by atoms with Crippen molar-refractivity contribution in [3.8, 4) is 0 Å². The minimum absolute atomic E-state index is 0.0328. The fourth-order valence-electron chi connectivity index (χ4n) is 12.6. The molecule has 548 valence electrons. The Morgan fingerprint density at radius 2 is 1.32 bits per heavy atom. The van der Waals surface area contributed by atoms with E-state index in [1.54, 1.807) is 18.5 Å². The van der Waals surface area contributed by atoms with Crippen molar-refractivity contribution in [1.29, 1.82) is 0 Å². The van der Waals surface area contributed by atoms with E-state index in [1.165, 1.54) is 64.3 Å². The average molecular weight is 1420 g/mol. The summed E-state index contributed by atoms with van der Waals surface area (Å²) >= 11 is 0. The molecule has 8 rings (SSSR count). The highest BCUT2D eigenvalue weighted by atomic mass is 31.2. The van der Waals surface area contributed by atoms with Crippen molar-refractivity contribution in [3.05, 3.63) is 146 Å². The van der Waals surface area contributed by atoms with Gasteiger partial charge in [0.15, 0.2) is 5.78 Å². The number of imide groups is 1. The van der Waals surface area contributed by atoms with Crippen molar-refractivity contribution in [2.45, 2.75) is 194 Å². The van der Waals surface area contributed by atoms with Gasteiger partial charge < -0.3 is 40.1 Å². The monoisotopic (exact) mass is 1420 g/mol. The number of carbonyl (C=O) groups is 8. The zero-order chi connectivity index (χ0) is 73.4. The molecule has 0 saturated carbocycles. The molecule has 101 heavy (non-hydrogen) atoms. The molecular formula is C75H97F2N6O17P. The van der Waals surface area contributed by atoms with E-state index in [9.17, 15) is 47.7 Å². The van der Waals surface area contributed by atoms with Gasteiger partial charge in [-0.2, -0.15) is 8.78 Å². The molecule has 6 atom stereocenters. The standard InChI is InChI=1S/C75H97F2N6O17P/c1-47(52-26-29-55(30-27-52)75(76,77)101(93,99-45-97-70(90)73(3,4)5)100-46-98-71(91)74(6,7)8)41-64(86)79-58-31-28-53-19-14-20-54-43-56(66(65(53)54)67(58)87)68(88)80-57(32-35-62(78)84)48(2)96-44-51-23-21-49(22-24-51)17-15-39-94-37-12-10-11-13-38-95-40-16-18-50-25-33-59-61(42-50)82(9)72(92)83(59)60-34-36-63(85)81-69(60)89/h14,19-27,29-30,33,41-42,48,56-58,60,66H,10-13,15-18,28,31-32,34-40,43-46H2,1-9H3,(H2,78,84)(H,79,86)(H,80,88)(H,81,85,89)/b47-41+/t48-,56-,57+,58+,60?,66?/m1/s1. The molecule has 1 saturated heterocycles. The second-order valence-corrected chi connectivity index (χ2v) is 30.5. The largest absolute Gasteiger partial charge is 0.438 e. The van der Waals surface area contributed by atoms with Crippen molar-refractivity contribution in [2.24, 2.45) is 29.5 Å². The molecule has 0 bridgehead atoms. The Kier molecular flexibility index (Phi) is 27.4. The fourth-order valence-corrected chi connectivity index (χ4v) is 13.8. The number of unbranched alkanes of at least 4 members (excludes halogenated alkanes) is 3. The summed E-state index contributed by atoms with van der Waals surface area (Å²) in [7, 11) is -3.91. The number of esters is 2. The van der Waals surface area contributed by atoms with E-state index < -0.39 is 115 Å². The maximum Gasteiger partial charge on any atom is 0.410 e. The molecule has 3 aliphatic rings. The van der Waals surface area contributed by atoms with Crippen LogP contribution in [0.15, 0.2) is 95.8 Å². The van der Waals surface area contributed by atoms with Gasteiger partial charge in [0.1, 0.15) is 6.04 Å². The number of benzene rings is 4. The molecule has 1 aromatic heterocycles. The number of amides is 5. The third-order valence-corrected chi connectivity index (χ3v) is 20.4. The highest BCUT2D eigenvalue weighted by Gasteiger charge is 2.56. The van der Waals surface area contributed by atoms with Gasteiger partial charge in [-0.05, 0) is 183 Å². The number of imidazole rings is 1. The van der Waals surface area contributed by atoms with Crippen molar-refractivity contribution >= 4 is 71.5 Å². The van der Waals surface area contributed by atoms with E-state index >= 15 is 8.78 Å². The number of hydrogen-bond donors (Lipinski definition) is 4. The molecule has 5 aromatic rings. The predicted octanol–water partition coefficient (Wildman–Crippen LogP) is 10.6. The third-order valence-electron chi connectivity index (χ3n) is 18.5. The van der Waals surface area contributed by atoms with Crippen molar-refractivity contribution in [2.75, 3.05) is 40.0 Å². The number of nitrogens with one attached hydrogen (secondary N) is 3. The molecule has 23 nitrogen and oxygen atoms in total. The molecule has 4 aromatic carbocycles. The van der Waals surface area contributed by atoms with Crippen molar-refractivity contribution in [3.63, 3.8) is 0 Å². The molecule has 0 radical (unpaired) electrons. The molecule has 1 aliphatic heterocycles. The first kappa shape index (κ1) is 78.7.